The van der Waals surface area contributed by atoms with E-state index in [1.807, 2.05) is 13.8 Å². The minimum atomic E-state index is -0.556. The monoisotopic (exact) mass is 487 g/mol. The Balaban J connectivity index is 0.00000198. The summed E-state index contributed by atoms with van der Waals surface area (Å²) in [6.45, 7) is 14.4. The van der Waals surface area contributed by atoms with E-state index in [1.54, 1.807) is 0 Å². The molecule has 3 nitrogen and oxygen atoms in total. The van der Waals surface area contributed by atoms with E-state index in [9.17, 15) is 5.11 Å². The van der Waals surface area contributed by atoms with Crippen molar-refractivity contribution >= 4 is 18.6 Å². The minimum absolute atomic E-state index is 0. The third-order valence-electron chi connectivity index (χ3n) is 5.31. The van der Waals surface area contributed by atoms with Gasteiger partial charge >= 0.3 is 35.6 Å². The fraction of sp³-hybridized carbons (Fsp3) is 0.458. The molecule has 2 aromatic carbocycles. The van der Waals surface area contributed by atoms with Crippen LogP contribution < -0.4 is 0 Å². The van der Waals surface area contributed by atoms with Crippen LogP contribution in [-0.4, -0.2) is 42.1 Å². The summed E-state index contributed by atoms with van der Waals surface area (Å²) in [6.07, 6.45) is 0. The Hall–Kier alpha value is -0.546. The van der Waals surface area contributed by atoms with Gasteiger partial charge in [0, 0.05) is 26.2 Å². The molecular weight excluding hydrogens is 451 g/mol. The normalized spacial score (nSPS) is 10.5. The summed E-state index contributed by atoms with van der Waals surface area (Å²) in [7, 11) is 14.1. The third kappa shape index (κ3) is 9.72. The van der Waals surface area contributed by atoms with Crippen LogP contribution in [0, 0.1) is 42.0 Å². The van der Waals surface area contributed by atoms with Crippen LogP contribution in [0.15, 0.2) is 24.3 Å². The van der Waals surface area contributed by atoms with Gasteiger partial charge in [-0.05, 0) is 87.7 Å². The van der Waals surface area contributed by atoms with Crippen LogP contribution in [-0.2, 0) is 30.1 Å². The Bertz CT molecular complexity index is 687. The van der Waals surface area contributed by atoms with Gasteiger partial charge in [0.2, 0.25) is 0 Å². The molecule has 0 saturated heterocycles. The first-order chi connectivity index (χ1) is 13.6. The van der Waals surface area contributed by atoms with E-state index in [2.05, 4.69) is 68.9 Å². The van der Waals surface area contributed by atoms with E-state index in [-0.39, 0.29) is 7.43 Å². The van der Waals surface area contributed by atoms with Crippen molar-refractivity contribution in [2.45, 2.75) is 47.7 Å². The quantitative estimate of drug-likeness (QED) is 0.365. The zero-order valence-corrected chi connectivity index (χ0v) is 22.8. The van der Waals surface area contributed by atoms with E-state index < -0.39 is 17.0 Å². The summed E-state index contributed by atoms with van der Waals surface area (Å²) in [5.41, 5.74) is 8.71. The molecule has 0 aliphatic heterocycles. The number of hydrogen-bond acceptors (Lipinski definition) is 3. The number of benzene rings is 2. The first-order valence-electron chi connectivity index (χ1n) is 9.78. The SMILES string of the molecule is Cc1cc(CN(C)CCN(C)Cc2cc(C)c(O)c(C)c2)cc(C)c1C.[CH3-].[Cl][Ti][Cl]. The number of aryl methyl sites for hydroxylation is 4. The summed E-state index contributed by atoms with van der Waals surface area (Å²) in [5.74, 6) is 0.417. The van der Waals surface area contributed by atoms with Crippen LogP contribution in [0.5, 0.6) is 5.75 Å². The second kappa shape index (κ2) is 14.5. The molecule has 0 bridgehead atoms. The molecule has 0 aromatic heterocycles. The van der Waals surface area contributed by atoms with Crippen LogP contribution in [0.25, 0.3) is 0 Å². The zero-order chi connectivity index (χ0) is 22.1. The molecule has 6 heteroatoms. The first kappa shape index (κ1) is 29.5. The third-order valence-corrected chi connectivity index (χ3v) is 5.31. The Morgan fingerprint density at radius 3 is 1.37 bits per heavy atom. The fourth-order valence-corrected chi connectivity index (χ4v) is 3.48. The average Bonchev–Trinajstić information content (AvgIpc) is 2.63. The van der Waals surface area contributed by atoms with E-state index in [4.69, 9.17) is 18.6 Å². The molecule has 0 heterocycles. The number of likely N-dealkylation sites (N-methyl/N-ethyl adjacent to an activating group) is 2. The standard InChI is InChI=1S/C23H34N2O.CH3.2ClH.Ti/c1-16-10-21(11-17(2)20(16)5)14-24(6)8-9-25(7)15-22-12-18(3)23(26)19(4)13-22;;;;/h10-13,26H,8-9,14-15H2,1-7H3;1H3;2*1H;/q;-1;;;+2/p-2. The van der Waals surface area contributed by atoms with Crippen LogP contribution in [0.3, 0.4) is 0 Å². The molecule has 0 aliphatic carbocycles. The molecule has 2 rings (SSSR count). The van der Waals surface area contributed by atoms with E-state index in [1.165, 1.54) is 27.8 Å². The van der Waals surface area contributed by atoms with Crippen molar-refractivity contribution in [3.05, 3.63) is 70.6 Å². The molecule has 168 valence electrons. The Kier molecular flexibility index (Phi) is 14.2. The van der Waals surface area contributed by atoms with Crippen molar-refractivity contribution in [2.75, 3.05) is 27.2 Å². The van der Waals surface area contributed by atoms with E-state index in [0.29, 0.717) is 5.75 Å². The van der Waals surface area contributed by atoms with Gasteiger partial charge in [-0.2, -0.15) is 0 Å². The molecule has 0 saturated carbocycles. The molecule has 0 spiro atoms. The topological polar surface area (TPSA) is 26.7 Å². The van der Waals surface area contributed by atoms with Crippen molar-refractivity contribution < 1.29 is 22.1 Å². The molecule has 0 atom stereocenters. The van der Waals surface area contributed by atoms with Gasteiger partial charge in [0.05, 0.1) is 0 Å². The number of rotatable bonds is 7. The molecule has 1 N–H and O–H groups in total. The van der Waals surface area contributed by atoms with Crippen LogP contribution in [0.4, 0.5) is 0 Å². The summed E-state index contributed by atoms with van der Waals surface area (Å²) in [6, 6.07) is 8.79. The Labute approximate surface area is 201 Å². The molecule has 0 amide bonds. The molecule has 0 aliphatic rings. The Morgan fingerprint density at radius 1 is 0.733 bits per heavy atom. The van der Waals surface area contributed by atoms with E-state index >= 15 is 0 Å². The predicted octanol–water partition coefficient (Wildman–Crippen LogP) is 6.32. The number of nitrogens with zero attached hydrogens (tertiary/aromatic N) is 2. The van der Waals surface area contributed by atoms with Gasteiger partial charge < -0.3 is 22.3 Å². The maximum atomic E-state index is 9.92. The van der Waals surface area contributed by atoms with Gasteiger partial charge in [-0.25, -0.2) is 0 Å². The van der Waals surface area contributed by atoms with Crippen molar-refractivity contribution in [3.63, 3.8) is 0 Å². The van der Waals surface area contributed by atoms with Crippen molar-refractivity contribution in [1.29, 1.82) is 0 Å². The van der Waals surface area contributed by atoms with Gasteiger partial charge in [-0.15, -0.1) is 0 Å². The second-order valence-electron chi connectivity index (χ2n) is 7.98. The summed E-state index contributed by atoms with van der Waals surface area (Å²) >= 11 is -0.556. The molecular formula is C24H37Cl2N2OTi-. The van der Waals surface area contributed by atoms with Crippen molar-refractivity contribution in [2.24, 2.45) is 0 Å². The molecule has 0 radical (unpaired) electrons. The number of phenols is 1. The van der Waals surface area contributed by atoms with Crippen LogP contribution >= 0.6 is 18.6 Å². The number of phenolic OH excluding ortho intramolecular Hbond substituents is 1. The van der Waals surface area contributed by atoms with Gasteiger partial charge in [-0.3, -0.25) is 0 Å². The average molecular weight is 488 g/mol. The van der Waals surface area contributed by atoms with Crippen molar-refractivity contribution in [1.82, 2.24) is 9.80 Å². The second-order valence-corrected chi connectivity index (χ2v) is 10.6. The van der Waals surface area contributed by atoms with Gasteiger partial charge in [-0.1, -0.05) is 24.3 Å². The maximum absolute atomic E-state index is 9.92. The van der Waals surface area contributed by atoms with Crippen LogP contribution in [0.1, 0.15) is 38.9 Å². The van der Waals surface area contributed by atoms with Crippen molar-refractivity contribution in [3.8, 4) is 5.75 Å². The predicted molar refractivity (Wildman–Crippen MR) is 129 cm³/mol. The Morgan fingerprint density at radius 2 is 1.03 bits per heavy atom. The summed E-state index contributed by atoms with van der Waals surface area (Å²) < 4.78 is 0. The summed E-state index contributed by atoms with van der Waals surface area (Å²) in [4.78, 5) is 4.72. The van der Waals surface area contributed by atoms with Crippen LogP contribution in [0.2, 0.25) is 0 Å². The molecule has 2 aromatic rings. The van der Waals surface area contributed by atoms with Gasteiger partial charge in [0.1, 0.15) is 5.75 Å². The van der Waals surface area contributed by atoms with Gasteiger partial charge in [0.25, 0.3) is 0 Å². The number of aromatic hydroxyl groups is 1. The van der Waals surface area contributed by atoms with Gasteiger partial charge in [0.15, 0.2) is 0 Å². The fourth-order valence-electron chi connectivity index (χ4n) is 3.48. The zero-order valence-electron chi connectivity index (χ0n) is 19.7. The van der Waals surface area contributed by atoms with E-state index in [0.717, 1.165) is 37.3 Å². The molecule has 0 fully saturated rings. The first-order valence-corrected chi connectivity index (χ1v) is 14.1. The number of hydrogen-bond donors (Lipinski definition) is 1. The summed E-state index contributed by atoms with van der Waals surface area (Å²) in [5, 5.41) is 9.92. The molecule has 0 unspecified atom stereocenters. The molecule has 30 heavy (non-hydrogen) atoms. The number of halogens is 2.